The third-order valence-electron chi connectivity index (χ3n) is 10.0. The van der Waals surface area contributed by atoms with Crippen LogP contribution in [0.15, 0.2) is 0 Å². The first-order valence-corrected chi connectivity index (χ1v) is 20.2. The van der Waals surface area contributed by atoms with E-state index in [2.05, 4.69) is 0 Å². The van der Waals surface area contributed by atoms with Gasteiger partial charge in [-0.1, -0.05) is 13.8 Å². The molecule has 0 aromatic rings. The number of carboxylic acids is 4. The summed E-state index contributed by atoms with van der Waals surface area (Å²) in [5.74, 6) is -7.93. The summed E-state index contributed by atoms with van der Waals surface area (Å²) in [7, 11) is 0. The van der Waals surface area contributed by atoms with E-state index in [9.17, 15) is 75.3 Å². The van der Waals surface area contributed by atoms with Crippen LogP contribution in [0.25, 0.3) is 0 Å². The van der Waals surface area contributed by atoms with Gasteiger partial charge in [0.05, 0.1) is 45.9 Å². The molecular formula is C36H67NO31. The molecule has 3 aliphatic heterocycles. The van der Waals surface area contributed by atoms with Gasteiger partial charge >= 0.3 is 23.9 Å². The highest BCUT2D eigenvalue weighted by Crippen LogP contribution is 2.36. The maximum absolute atomic E-state index is 10.3. The minimum atomic E-state index is -2.74. The molecule has 3 rings (SSSR count). The van der Waals surface area contributed by atoms with Gasteiger partial charge in [-0.2, -0.15) is 0 Å². The molecule has 32 heteroatoms. The van der Waals surface area contributed by atoms with E-state index in [0.717, 1.165) is 0 Å². The summed E-state index contributed by atoms with van der Waals surface area (Å²) in [6, 6.07) is -0.690. The SMILES string of the molecule is CC(C)CC(N)C(=O)O.O=C(O)CC(O)(CC(=O)O)C(=O)O.OC[C@@H](O)[C@@H](O)[C@H](O)[C@H](O)CO.OC[C@H]1O[C@H](OC[C@H]2O[C@H](O[C@]3(CO)O[C@H](CO)[C@@H](O)[C@@H]3O)[C@H](O)[C@@H](O)[C@@H]2O)[C@H](O)[C@@H](O)[C@H]1O. The van der Waals surface area contributed by atoms with E-state index in [1.807, 2.05) is 13.8 Å². The van der Waals surface area contributed by atoms with Crippen LogP contribution in [0.3, 0.4) is 0 Å². The van der Waals surface area contributed by atoms with Crippen molar-refractivity contribution >= 4 is 23.9 Å². The van der Waals surface area contributed by atoms with Gasteiger partial charge in [0.2, 0.25) is 5.79 Å². The summed E-state index contributed by atoms with van der Waals surface area (Å²) in [6.45, 7) is -0.697. The smallest absolute Gasteiger partial charge is 0.336 e. The van der Waals surface area contributed by atoms with Crippen LogP contribution < -0.4 is 5.73 Å². The largest absolute Gasteiger partial charge is 0.481 e. The van der Waals surface area contributed by atoms with Gasteiger partial charge in [0, 0.05) is 0 Å². The van der Waals surface area contributed by atoms with E-state index in [-0.39, 0.29) is 0 Å². The van der Waals surface area contributed by atoms with Crippen molar-refractivity contribution in [2.24, 2.45) is 11.7 Å². The van der Waals surface area contributed by atoms with Crippen molar-refractivity contribution in [3.8, 4) is 0 Å². The molecule has 0 aromatic carbocycles. The summed E-state index contributed by atoms with van der Waals surface area (Å²) in [6.07, 6.45) is -29.9. The average molecular weight is 1010 g/mol. The van der Waals surface area contributed by atoms with Gasteiger partial charge in [0.1, 0.15) is 104 Å². The van der Waals surface area contributed by atoms with E-state index in [4.69, 9.17) is 85.6 Å². The van der Waals surface area contributed by atoms with Gasteiger partial charge in [-0.25, -0.2) is 4.79 Å². The highest BCUT2D eigenvalue weighted by atomic mass is 16.8. The van der Waals surface area contributed by atoms with Crippen molar-refractivity contribution in [2.45, 2.75) is 155 Å². The predicted octanol–water partition coefficient (Wildman–Crippen LogP) is -12.0. The summed E-state index contributed by atoms with van der Waals surface area (Å²) in [4.78, 5) is 40.6. The number of nitrogens with two attached hydrogens (primary N) is 1. The van der Waals surface area contributed by atoms with Crippen LogP contribution in [-0.4, -0.2) is 297 Å². The molecule has 32 nitrogen and oxygen atoms in total. The first kappa shape index (κ1) is 64.9. The van der Waals surface area contributed by atoms with Crippen LogP contribution in [-0.2, 0) is 42.9 Å². The zero-order valence-corrected chi connectivity index (χ0v) is 36.4. The number of ether oxygens (including phenoxy) is 5. The zero-order valence-electron chi connectivity index (χ0n) is 36.4. The lowest BCUT2D eigenvalue weighted by Crippen LogP contribution is -2.63. The van der Waals surface area contributed by atoms with Crippen LogP contribution in [0.4, 0.5) is 0 Å². The molecule has 3 aliphatic rings. The van der Waals surface area contributed by atoms with Gasteiger partial charge in [-0.3, -0.25) is 14.4 Å². The second-order valence-corrected chi connectivity index (χ2v) is 15.9. The molecule has 3 fully saturated rings. The maximum Gasteiger partial charge on any atom is 0.336 e. The van der Waals surface area contributed by atoms with Crippen molar-refractivity contribution < 1.29 is 155 Å². The minimum Gasteiger partial charge on any atom is -0.481 e. The van der Waals surface area contributed by atoms with E-state index in [1.165, 1.54) is 0 Å². The van der Waals surface area contributed by atoms with E-state index >= 15 is 0 Å². The monoisotopic (exact) mass is 1010 g/mol. The molecule has 0 saturated carbocycles. The quantitative estimate of drug-likeness (QED) is 0.0508. The Hall–Kier alpha value is -3.08. The van der Waals surface area contributed by atoms with Gasteiger partial charge in [0.25, 0.3) is 0 Å². The number of rotatable bonds is 21. The number of carbonyl (C=O) groups is 4. The lowest BCUT2D eigenvalue weighted by atomic mass is 9.96. The van der Waals surface area contributed by atoms with Crippen molar-refractivity contribution in [3.05, 3.63) is 0 Å². The Morgan fingerprint density at radius 1 is 0.632 bits per heavy atom. The number of aliphatic hydroxyl groups is 18. The fourth-order valence-corrected chi connectivity index (χ4v) is 6.01. The van der Waals surface area contributed by atoms with E-state index in [1.54, 1.807) is 0 Å². The molecule has 0 radical (unpaired) electrons. The van der Waals surface area contributed by atoms with E-state index < -0.39 is 198 Å². The number of carboxylic acid groups (broad SMARTS) is 4. The standard InChI is InChI=1S/C18H32O16.C6H13NO2.C6H8O7.C6H14O6/c19-1-5-8(22)11(25)13(27)16(31-5)30-3-7-9(23)12(26)14(28)17(32-7)34-18(4-21)15(29)10(24)6(2-20)33-18;1-4(2)3-5(7)6(8)9;7-3(8)1-6(13,5(11)12)2-4(9)10;7-1-3(9)5(11)6(12)4(10)2-8/h5-17,19-29H,1-4H2;4-5H,3,7H2,1-2H3,(H,8,9);13H,1-2H2,(H,7,8)(H,9,10)(H,11,12);3-12H,1-2H2/t5-,6-,7-,8+,9-,10-,11+,12+,13-,14-,15+,16+,17-,18+;;;3-,4-,5-,6-/m1..1/s1. The van der Waals surface area contributed by atoms with Gasteiger partial charge < -0.3 is 142 Å². The molecule has 0 bridgehead atoms. The lowest BCUT2D eigenvalue weighted by Gasteiger charge is -2.44. The van der Waals surface area contributed by atoms with Crippen LogP contribution in [0, 0.1) is 5.92 Å². The highest BCUT2D eigenvalue weighted by Gasteiger charge is 2.58. The molecule has 0 aromatic heterocycles. The predicted molar refractivity (Wildman–Crippen MR) is 212 cm³/mol. The molecule has 0 aliphatic carbocycles. The molecule has 24 N–H and O–H groups in total. The van der Waals surface area contributed by atoms with Crippen LogP contribution in [0.1, 0.15) is 33.1 Å². The van der Waals surface area contributed by atoms with Crippen molar-refractivity contribution in [3.63, 3.8) is 0 Å². The van der Waals surface area contributed by atoms with Crippen LogP contribution >= 0.6 is 0 Å². The third-order valence-corrected chi connectivity index (χ3v) is 10.0. The first-order valence-electron chi connectivity index (χ1n) is 20.2. The summed E-state index contributed by atoms with van der Waals surface area (Å²) >= 11 is 0. The highest BCUT2D eigenvalue weighted by molar-refractivity contribution is 5.88. The Bertz CT molecular complexity index is 1460. The van der Waals surface area contributed by atoms with Gasteiger partial charge in [-0.15, -0.1) is 0 Å². The Kier molecular flexibility index (Phi) is 28.6. The molecular weight excluding hydrogens is 942 g/mol. The Labute approximate surface area is 385 Å². The van der Waals surface area contributed by atoms with E-state index in [0.29, 0.717) is 12.3 Å². The number of aliphatic carboxylic acids is 4. The Morgan fingerprint density at radius 3 is 1.40 bits per heavy atom. The van der Waals surface area contributed by atoms with Crippen LogP contribution in [0.2, 0.25) is 0 Å². The number of aliphatic hydroxyl groups excluding tert-OH is 17. The second kappa shape index (κ2) is 29.9. The van der Waals surface area contributed by atoms with Crippen LogP contribution in [0.5, 0.6) is 0 Å². The normalized spacial score (nSPS) is 33.8. The van der Waals surface area contributed by atoms with Gasteiger partial charge in [0.15, 0.2) is 18.2 Å². The molecule has 402 valence electrons. The minimum absolute atomic E-state index is 0.357. The van der Waals surface area contributed by atoms with Crippen molar-refractivity contribution in [2.75, 3.05) is 39.6 Å². The fourth-order valence-electron chi connectivity index (χ4n) is 6.01. The second-order valence-electron chi connectivity index (χ2n) is 15.9. The molecule has 0 amide bonds. The average Bonchev–Trinajstić information content (AvgIpc) is 3.51. The topological polar surface area (TPSA) is 586 Å². The lowest BCUT2D eigenvalue weighted by molar-refractivity contribution is -0.388. The third kappa shape index (κ3) is 18.9. The summed E-state index contributed by atoms with van der Waals surface area (Å²) in [5.41, 5.74) is 2.48. The molecule has 68 heavy (non-hydrogen) atoms. The van der Waals surface area contributed by atoms with Crippen molar-refractivity contribution in [1.29, 1.82) is 0 Å². The molecule has 3 saturated heterocycles. The molecule has 1 unspecified atom stereocenters. The molecule has 19 atom stereocenters. The Morgan fingerprint density at radius 2 is 1.06 bits per heavy atom. The molecule has 0 spiro atoms. The first-order chi connectivity index (χ1) is 31.4. The van der Waals surface area contributed by atoms with Gasteiger partial charge in [-0.05, 0) is 12.3 Å². The maximum atomic E-state index is 10.3. The number of hydrogen-bond acceptors (Lipinski definition) is 28. The molecule has 3 heterocycles. The zero-order chi connectivity index (χ0) is 53.2. The summed E-state index contributed by atoms with van der Waals surface area (Å²) < 4.78 is 26.4. The number of hydrogen-bond donors (Lipinski definition) is 23. The fraction of sp³-hybridized carbons (Fsp3) is 0.889. The Balaban J connectivity index is 0.00000108. The summed E-state index contributed by atoms with van der Waals surface area (Å²) in [5, 5.41) is 203. The van der Waals surface area contributed by atoms with Crippen molar-refractivity contribution in [1.82, 2.24) is 0 Å².